The van der Waals surface area contributed by atoms with E-state index < -0.39 is 0 Å². The largest absolute Gasteiger partial charge is 0.508 e. The van der Waals surface area contributed by atoms with Crippen LogP contribution < -0.4 is 0 Å². The van der Waals surface area contributed by atoms with E-state index in [4.69, 9.17) is 9.51 Å². The van der Waals surface area contributed by atoms with Gasteiger partial charge in [0.1, 0.15) is 11.5 Å². The minimum Gasteiger partial charge on any atom is -0.508 e. The minimum absolute atomic E-state index is 0.0707. The van der Waals surface area contributed by atoms with Gasteiger partial charge in [0.25, 0.3) is 5.91 Å². The molecular weight excluding hydrogens is 368 g/mol. The number of amides is 1. The molecule has 0 unspecified atom stereocenters. The molecule has 0 saturated carbocycles. The lowest BCUT2D eigenvalue weighted by Crippen LogP contribution is -2.39. The van der Waals surface area contributed by atoms with E-state index >= 15 is 0 Å². The maximum absolute atomic E-state index is 13.2. The summed E-state index contributed by atoms with van der Waals surface area (Å²) >= 11 is 0. The first-order valence-corrected chi connectivity index (χ1v) is 9.83. The fraction of sp³-hybridized carbons (Fsp3) is 0.364. The van der Waals surface area contributed by atoms with Crippen LogP contribution in [0.4, 0.5) is 0 Å². The number of rotatable bonds is 3. The highest BCUT2D eigenvalue weighted by atomic mass is 16.5. The first-order chi connectivity index (χ1) is 13.9. The van der Waals surface area contributed by atoms with E-state index in [2.05, 4.69) is 10.1 Å². The van der Waals surface area contributed by atoms with Crippen LogP contribution in [0, 0.1) is 20.8 Å². The second-order valence-corrected chi connectivity index (χ2v) is 7.51. The van der Waals surface area contributed by atoms with Gasteiger partial charge in [-0.3, -0.25) is 4.79 Å². The molecule has 29 heavy (non-hydrogen) atoms. The molecule has 1 aromatic carbocycles. The molecule has 1 aliphatic rings. The van der Waals surface area contributed by atoms with Gasteiger partial charge in [-0.15, -0.1) is 0 Å². The highest BCUT2D eigenvalue weighted by Crippen LogP contribution is 2.33. The number of likely N-dealkylation sites (tertiary alicyclic amines) is 1. The second kappa shape index (κ2) is 7.66. The Hall–Kier alpha value is -3.22. The van der Waals surface area contributed by atoms with Gasteiger partial charge in [-0.25, -0.2) is 9.97 Å². The summed E-state index contributed by atoms with van der Waals surface area (Å²) in [7, 11) is 0. The zero-order valence-corrected chi connectivity index (χ0v) is 16.8. The van der Waals surface area contributed by atoms with Gasteiger partial charge >= 0.3 is 0 Å². The Bertz CT molecular complexity index is 1020. The van der Waals surface area contributed by atoms with Crippen molar-refractivity contribution in [1.82, 2.24) is 20.0 Å². The van der Waals surface area contributed by atoms with Crippen molar-refractivity contribution in [3.8, 4) is 17.0 Å². The Kier molecular flexibility index (Phi) is 5.05. The van der Waals surface area contributed by atoms with Crippen molar-refractivity contribution in [1.29, 1.82) is 0 Å². The van der Waals surface area contributed by atoms with Crippen LogP contribution in [0.15, 0.2) is 34.9 Å². The molecule has 1 N–H and O–H groups in total. The summed E-state index contributed by atoms with van der Waals surface area (Å²) in [4.78, 5) is 24.5. The zero-order valence-electron chi connectivity index (χ0n) is 16.8. The van der Waals surface area contributed by atoms with Crippen molar-refractivity contribution < 1.29 is 14.4 Å². The van der Waals surface area contributed by atoms with Crippen LogP contribution >= 0.6 is 0 Å². The predicted molar refractivity (Wildman–Crippen MR) is 107 cm³/mol. The van der Waals surface area contributed by atoms with E-state index in [-0.39, 0.29) is 17.7 Å². The standard InChI is InChI=1S/C22H24N4O3/c1-13-12-18(20-14(2)25-29-15(20)3)24-21(23-13)19-6-4-5-11-26(19)22(28)16-7-9-17(27)10-8-16/h7-10,12,19,27H,4-6,11H2,1-3H3/t19-/m1/s1. The Morgan fingerprint density at radius 3 is 2.59 bits per heavy atom. The quantitative estimate of drug-likeness (QED) is 0.720. The lowest BCUT2D eigenvalue weighted by atomic mass is 9.99. The summed E-state index contributed by atoms with van der Waals surface area (Å²) in [5.74, 6) is 1.43. The molecule has 0 radical (unpaired) electrons. The van der Waals surface area contributed by atoms with E-state index in [0.717, 1.165) is 41.9 Å². The zero-order chi connectivity index (χ0) is 20.5. The number of phenols is 1. The van der Waals surface area contributed by atoms with Gasteiger partial charge < -0.3 is 14.5 Å². The summed E-state index contributed by atoms with van der Waals surface area (Å²) in [6.45, 7) is 6.35. The van der Waals surface area contributed by atoms with Crippen molar-refractivity contribution >= 4 is 5.91 Å². The Morgan fingerprint density at radius 2 is 1.90 bits per heavy atom. The van der Waals surface area contributed by atoms with Crippen molar-refractivity contribution in [3.05, 3.63) is 58.9 Å². The maximum Gasteiger partial charge on any atom is 0.254 e. The predicted octanol–water partition coefficient (Wildman–Crippen LogP) is 4.13. The van der Waals surface area contributed by atoms with Gasteiger partial charge in [0.05, 0.1) is 23.0 Å². The smallest absolute Gasteiger partial charge is 0.254 e. The highest BCUT2D eigenvalue weighted by molar-refractivity contribution is 5.94. The van der Waals surface area contributed by atoms with Crippen molar-refractivity contribution in [2.75, 3.05) is 6.54 Å². The molecule has 0 bridgehead atoms. The van der Waals surface area contributed by atoms with Crippen LogP contribution in [-0.4, -0.2) is 37.6 Å². The van der Waals surface area contributed by atoms with Crippen LogP contribution in [0.25, 0.3) is 11.3 Å². The van der Waals surface area contributed by atoms with Crippen LogP contribution in [0.1, 0.15) is 58.6 Å². The molecule has 2 aromatic heterocycles. The van der Waals surface area contributed by atoms with Crippen molar-refractivity contribution in [2.45, 2.75) is 46.1 Å². The normalized spacial score (nSPS) is 16.8. The third-order valence-corrected chi connectivity index (χ3v) is 5.34. The molecule has 7 heteroatoms. The summed E-state index contributed by atoms with van der Waals surface area (Å²) in [5, 5.41) is 13.6. The average Bonchev–Trinajstić information content (AvgIpc) is 3.05. The number of benzene rings is 1. The van der Waals surface area contributed by atoms with Crippen LogP contribution in [0.2, 0.25) is 0 Å². The number of piperidine rings is 1. The fourth-order valence-electron chi connectivity index (χ4n) is 3.93. The Balaban J connectivity index is 1.72. The molecule has 4 rings (SSSR count). The SMILES string of the molecule is Cc1cc(-c2c(C)noc2C)nc([C@H]2CCCCN2C(=O)c2ccc(O)cc2)n1. The molecule has 3 aromatic rings. The van der Waals surface area contributed by atoms with Crippen LogP contribution in [-0.2, 0) is 0 Å². The summed E-state index contributed by atoms with van der Waals surface area (Å²) in [5.41, 5.74) is 3.82. The number of hydrogen-bond donors (Lipinski definition) is 1. The molecule has 1 amide bonds. The molecule has 7 nitrogen and oxygen atoms in total. The van der Waals surface area contributed by atoms with Crippen LogP contribution in [0.5, 0.6) is 5.75 Å². The van der Waals surface area contributed by atoms with Crippen LogP contribution in [0.3, 0.4) is 0 Å². The van der Waals surface area contributed by atoms with Crippen molar-refractivity contribution in [2.24, 2.45) is 0 Å². The van der Waals surface area contributed by atoms with Gasteiger partial charge in [0.2, 0.25) is 0 Å². The molecule has 1 saturated heterocycles. The number of aromatic nitrogens is 3. The minimum atomic E-state index is -0.191. The third kappa shape index (κ3) is 3.72. The van der Waals surface area contributed by atoms with E-state index in [1.54, 1.807) is 12.1 Å². The molecule has 150 valence electrons. The van der Waals surface area contributed by atoms with Gasteiger partial charge in [-0.05, 0) is 70.4 Å². The number of nitrogens with zero attached hydrogens (tertiary/aromatic N) is 4. The molecule has 0 aliphatic carbocycles. The van der Waals surface area contributed by atoms with Gasteiger partial charge in [0, 0.05) is 17.8 Å². The van der Waals surface area contributed by atoms with Crippen molar-refractivity contribution in [3.63, 3.8) is 0 Å². The third-order valence-electron chi connectivity index (χ3n) is 5.34. The lowest BCUT2D eigenvalue weighted by Gasteiger charge is -2.35. The number of aryl methyl sites for hydroxylation is 3. The second-order valence-electron chi connectivity index (χ2n) is 7.51. The molecular formula is C22H24N4O3. The fourth-order valence-corrected chi connectivity index (χ4v) is 3.93. The Labute approximate surface area is 169 Å². The van der Waals surface area contributed by atoms with Gasteiger partial charge in [-0.1, -0.05) is 5.16 Å². The average molecular weight is 392 g/mol. The van der Waals surface area contributed by atoms with Gasteiger partial charge in [-0.2, -0.15) is 0 Å². The number of hydrogen-bond acceptors (Lipinski definition) is 6. The van der Waals surface area contributed by atoms with E-state index in [0.29, 0.717) is 23.7 Å². The monoisotopic (exact) mass is 392 g/mol. The van der Waals surface area contributed by atoms with E-state index in [9.17, 15) is 9.90 Å². The number of carbonyl (C=O) groups excluding carboxylic acids is 1. The number of phenolic OH excluding ortho intramolecular Hbond substituents is 1. The van der Waals surface area contributed by atoms with E-state index in [1.165, 1.54) is 12.1 Å². The number of aromatic hydroxyl groups is 1. The first-order valence-electron chi connectivity index (χ1n) is 9.83. The summed E-state index contributed by atoms with van der Waals surface area (Å²) in [6, 6.07) is 8.09. The molecule has 1 aliphatic heterocycles. The molecule has 1 atom stereocenters. The molecule has 3 heterocycles. The molecule has 1 fully saturated rings. The lowest BCUT2D eigenvalue weighted by molar-refractivity contribution is 0.0599. The topological polar surface area (TPSA) is 92.4 Å². The van der Waals surface area contributed by atoms with Gasteiger partial charge in [0.15, 0.2) is 5.82 Å². The Morgan fingerprint density at radius 1 is 1.14 bits per heavy atom. The van der Waals surface area contributed by atoms with E-state index in [1.807, 2.05) is 31.7 Å². The summed E-state index contributed by atoms with van der Waals surface area (Å²) < 4.78 is 5.31. The first kappa shape index (κ1) is 19.1. The molecule has 0 spiro atoms. The maximum atomic E-state index is 13.2. The number of carbonyl (C=O) groups is 1. The highest BCUT2D eigenvalue weighted by Gasteiger charge is 2.31. The summed E-state index contributed by atoms with van der Waals surface area (Å²) in [6.07, 6.45) is 2.78.